The van der Waals surface area contributed by atoms with Gasteiger partial charge in [-0.1, -0.05) is 80.6 Å². The number of carbonyl (C=O) groups excluding carboxylic acids is 1. The van der Waals surface area contributed by atoms with Crippen LogP contribution in [0.4, 0.5) is 13.2 Å². The molecule has 8 atom stereocenters. The van der Waals surface area contributed by atoms with E-state index >= 15 is 0 Å². The van der Waals surface area contributed by atoms with Crippen LogP contribution < -0.4 is 4.74 Å². The van der Waals surface area contributed by atoms with Crippen LogP contribution in [-0.4, -0.2) is 53.3 Å². The lowest BCUT2D eigenvalue weighted by molar-refractivity contribution is -0.274. The van der Waals surface area contributed by atoms with E-state index < -0.39 is 50.1 Å². The normalized spacial score (nSPS) is 36.1. The maximum Gasteiger partial charge on any atom is 0.573 e. The van der Waals surface area contributed by atoms with Crippen LogP contribution in [0.25, 0.3) is 0 Å². The number of rotatable bonds is 9. The smallest absolute Gasteiger partial charge is 0.406 e. The number of aliphatic hydroxyl groups excluding tert-OH is 1. The Balaban J connectivity index is 1.19. The molecule has 6 aliphatic rings. The summed E-state index contributed by atoms with van der Waals surface area (Å²) in [4.78, 5) is 14.7. The molecule has 0 saturated heterocycles. The minimum absolute atomic E-state index is 0.0547. The average molecular weight is 768 g/mol. The van der Waals surface area contributed by atoms with Gasteiger partial charge < -0.3 is 14.9 Å². The zero-order valence-corrected chi connectivity index (χ0v) is 31.3. The second-order valence-electron chi connectivity index (χ2n) is 16.4. The standard InChI is InChI=1S/C41H44F3NO6S2/c1-36-17-14-29(46)23-38(36)20-21-40(31(24-38)35(47)28-7-4-3-5-8-28)32(36)15-18-37(2)33(40)16-19-39(37,48)26-45(53(49,50)34-9-6-22-52-34)25-27-10-12-30(13-11-27)51-41(42,43)44/h3-13,20-22,24,29,32-33,46,48H,14-19,23,25-26H2,1-2H3/t29?,32-,33-,36-,37+,38+,39-,40-/m1/s1. The van der Waals surface area contributed by atoms with Crippen LogP contribution in [0.1, 0.15) is 74.7 Å². The summed E-state index contributed by atoms with van der Waals surface area (Å²) >= 11 is 1.06. The minimum Gasteiger partial charge on any atom is -0.406 e. The van der Waals surface area contributed by atoms with Gasteiger partial charge in [0.15, 0.2) is 5.78 Å². The van der Waals surface area contributed by atoms with Crippen molar-refractivity contribution in [3.8, 4) is 5.75 Å². The van der Waals surface area contributed by atoms with Gasteiger partial charge in [0.05, 0.1) is 11.7 Å². The molecule has 1 aromatic heterocycles. The van der Waals surface area contributed by atoms with Gasteiger partial charge in [-0.15, -0.1) is 24.5 Å². The Hall–Kier alpha value is -3.29. The number of Topliss-reactive ketones (excluding diaryl/α,β-unsaturated/α-hetero) is 1. The fourth-order valence-electron chi connectivity index (χ4n) is 11.4. The summed E-state index contributed by atoms with van der Waals surface area (Å²) in [5, 5.41) is 25.6. The highest BCUT2D eigenvalue weighted by molar-refractivity contribution is 7.91. The van der Waals surface area contributed by atoms with E-state index in [2.05, 4.69) is 36.8 Å². The molecule has 1 heterocycles. The molecule has 6 aliphatic carbocycles. The van der Waals surface area contributed by atoms with E-state index in [1.54, 1.807) is 11.4 Å². The lowest BCUT2D eigenvalue weighted by Crippen LogP contribution is -2.67. The van der Waals surface area contributed by atoms with Crippen molar-refractivity contribution in [1.82, 2.24) is 4.31 Å². The quantitative estimate of drug-likeness (QED) is 0.168. The number of ketones is 1. The highest BCUT2D eigenvalue weighted by atomic mass is 32.2. The minimum atomic E-state index is -4.87. The third-order valence-corrected chi connectivity index (χ3v) is 17.2. The van der Waals surface area contributed by atoms with E-state index in [1.807, 2.05) is 30.3 Å². The van der Waals surface area contributed by atoms with E-state index in [9.17, 15) is 36.6 Å². The van der Waals surface area contributed by atoms with Gasteiger partial charge in [0.1, 0.15) is 9.96 Å². The Morgan fingerprint density at radius 3 is 2.28 bits per heavy atom. The fraction of sp³-hybridized carbons (Fsp3) is 0.488. The van der Waals surface area contributed by atoms with Gasteiger partial charge in [0.2, 0.25) is 0 Å². The number of sulfonamides is 1. The molecule has 53 heavy (non-hydrogen) atoms. The largest absolute Gasteiger partial charge is 0.573 e. The predicted octanol–water partition coefficient (Wildman–Crippen LogP) is 8.31. The van der Waals surface area contributed by atoms with Crippen molar-refractivity contribution in [1.29, 1.82) is 0 Å². The zero-order valence-electron chi connectivity index (χ0n) is 29.7. The van der Waals surface area contributed by atoms with Gasteiger partial charge in [0.25, 0.3) is 10.0 Å². The molecule has 0 radical (unpaired) electrons. The highest BCUT2D eigenvalue weighted by Gasteiger charge is 2.74. The van der Waals surface area contributed by atoms with Gasteiger partial charge in [-0.25, -0.2) is 8.42 Å². The van der Waals surface area contributed by atoms with Gasteiger partial charge in [-0.2, -0.15) is 4.31 Å². The number of ether oxygens (including phenoxy) is 1. The molecule has 282 valence electrons. The number of aliphatic hydroxyl groups is 2. The van der Waals surface area contributed by atoms with Crippen LogP contribution in [0, 0.1) is 33.5 Å². The van der Waals surface area contributed by atoms with Crippen molar-refractivity contribution in [2.45, 2.75) is 87.6 Å². The van der Waals surface area contributed by atoms with Crippen molar-refractivity contribution >= 4 is 27.1 Å². The summed E-state index contributed by atoms with van der Waals surface area (Å²) in [6.45, 7) is 3.96. The highest BCUT2D eigenvalue weighted by Crippen LogP contribution is 2.78. The first-order valence-corrected chi connectivity index (χ1v) is 20.6. The van der Waals surface area contributed by atoms with Crippen molar-refractivity contribution in [3.63, 3.8) is 0 Å². The Kier molecular flexibility index (Phi) is 8.55. The predicted molar refractivity (Wildman–Crippen MR) is 194 cm³/mol. The summed E-state index contributed by atoms with van der Waals surface area (Å²) in [5.41, 5.74) is -1.98. The first-order chi connectivity index (χ1) is 25.0. The summed E-state index contributed by atoms with van der Waals surface area (Å²) in [7, 11) is -4.14. The SMILES string of the molecule is C[C@]12CC[C@H]3[C@]4(C=C[C@@]5(C=C4C(=O)c4ccccc4)CC(O)CC[C@]35C)[C@@H]1CC[C@@]2(O)CN(Cc1ccc(OC(F)(F)F)cc1)S(=O)(=O)c1cccs1. The summed E-state index contributed by atoms with van der Waals surface area (Å²) in [5.74, 6) is -0.590. The number of hydrogen-bond donors (Lipinski definition) is 2. The molecule has 7 nitrogen and oxygen atoms in total. The van der Waals surface area contributed by atoms with Gasteiger partial charge >= 0.3 is 6.36 Å². The molecule has 3 saturated carbocycles. The molecule has 0 aliphatic heterocycles. The maximum atomic E-state index is 14.7. The van der Waals surface area contributed by atoms with Crippen molar-refractivity contribution in [2.75, 3.05) is 6.54 Å². The second-order valence-corrected chi connectivity index (χ2v) is 19.5. The van der Waals surface area contributed by atoms with Crippen molar-refractivity contribution < 1.29 is 41.3 Å². The number of allylic oxidation sites excluding steroid dienone is 4. The zero-order chi connectivity index (χ0) is 37.7. The van der Waals surface area contributed by atoms with Crippen molar-refractivity contribution in [2.24, 2.45) is 33.5 Å². The van der Waals surface area contributed by atoms with E-state index in [-0.39, 0.29) is 40.3 Å². The first kappa shape index (κ1) is 36.7. The summed E-state index contributed by atoms with van der Waals surface area (Å²) in [6, 6.07) is 17.5. The molecule has 2 aromatic carbocycles. The Morgan fingerprint density at radius 1 is 0.925 bits per heavy atom. The molecule has 9 rings (SSSR count). The van der Waals surface area contributed by atoms with E-state index in [4.69, 9.17) is 0 Å². The third-order valence-electron chi connectivity index (χ3n) is 14.0. The lowest BCUT2D eigenvalue weighted by atomic mass is 9.32. The number of nitrogens with zero attached hydrogens (tertiary/aromatic N) is 1. The number of benzene rings is 2. The van der Waals surface area contributed by atoms with Crippen LogP contribution in [0.15, 0.2) is 100 Å². The number of fused-ring (bicyclic) bond motifs is 1. The van der Waals surface area contributed by atoms with Crippen LogP contribution in [0.2, 0.25) is 0 Å². The first-order valence-electron chi connectivity index (χ1n) is 18.3. The van der Waals surface area contributed by atoms with Crippen LogP contribution in [0.5, 0.6) is 5.75 Å². The monoisotopic (exact) mass is 767 g/mol. The molecular formula is C41H44F3NO6S2. The topological polar surface area (TPSA) is 104 Å². The molecule has 3 aromatic rings. The number of thiophene rings is 1. The van der Waals surface area contributed by atoms with Crippen LogP contribution in [-0.2, 0) is 16.6 Å². The van der Waals surface area contributed by atoms with Crippen LogP contribution in [0.3, 0.4) is 0 Å². The number of carbonyl (C=O) groups is 1. The number of hydrogen-bond acceptors (Lipinski definition) is 7. The third kappa shape index (κ3) is 5.52. The maximum absolute atomic E-state index is 14.7. The van der Waals surface area contributed by atoms with E-state index in [1.165, 1.54) is 22.5 Å². The fourth-order valence-corrected chi connectivity index (χ4v) is 14.0. The Morgan fingerprint density at radius 2 is 1.60 bits per heavy atom. The second kappa shape index (κ2) is 12.4. The molecular weight excluding hydrogens is 724 g/mol. The molecule has 1 unspecified atom stereocenters. The number of alkyl halides is 3. The molecule has 12 heteroatoms. The van der Waals surface area contributed by atoms with E-state index in [0.29, 0.717) is 55.2 Å². The Bertz CT molecular complexity index is 2070. The number of halogens is 3. The summed E-state index contributed by atoms with van der Waals surface area (Å²) < 4.78 is 72.6. The molecule has 2 spiro atoms. The van der Waals surface area contributed by atoms with Crippen LogP contribution >= 0.6 is 11.3 Å². The lowest BCUT2D eigenvalue weighted by Gasteiger charge is -2.71. The molecule has 0 amide bonds. The average Bonchev–Trinajstić information content (AvgIpc) is 3.76. The van der Waals surface area contributed by atoms with Crippen molar-refractivity contribution in [3.05, 3.63) is 107 Å². The summed E-state index contributed by atoms with van der Waals surface area (Å²) in [6.07, 6.45) is 5.51. The molecule has 2 bridgehead atoms. The molecule has 3 fully saturated rings. The van der Waals surface area contributed by atoms with Gasteiger partial charge in [0, 0.05) is 40.5 Å². The Labute approximate surface area is 312 Å². The van der Waals surface area contributed by atoms with Gasteiger partial charge in [-0.05, 0) is 91.3 Å². The molecule has 2 N–H and O–H groups in total. The van der Waals surface area contributed by atoms with E-state index in [0.717, 1.165) is 29.9 Å². The van der Waals surface area contributed by atoms with Gasteiger partial charge in [-0.3, -0.25) is 4.79 Å².